The predicted octanol–water partition coefficient (Wildman–Crippen LogP) is 8.45. The minimum absolute atomic E-state index is 0.0345. The summed E-state index contributed by atoms with van der Waals surface area (Å²) >= 11 is 1.32. The maximum absolute atomic E-state index is 15.0. The fourth-order valence-electron chi connectivity index (χ4n) is 5.91. The van der Waals surface area contributed by atoms with E-state index in [4.69, 9.17) is 0 Å². The molecule has 10 heteroatoms. The van der Waals surface area contributed by atoms with E-state index in [1.54, 1.807) is 47.0 Å². The van der Waals surface area contributed by atoms with Gasteiger partial charge in [0.1, 0.15) is 16.5 Å². The van der Waals surface area contributed by atoms with E-state index in [1.165, 1.54) is 35.7 Å². The number of nitrogens with zero attached hydrogens (tertiary/aromatic N) is 2. The van der Waals surface area contributed by atoms with Crippen molar-refractivity contribution in [2.24, 2.45) is 0 Å². The van der Waals surface area contributed by atoms with Crippen LogP contribution >= 0.6 is 11.3 Å². The number of aromatic nitrogens is 1. The number of carbonyl (C=O) groups excluding carboxylic acids is 2. The minimum Gasteiger partial charge on any atom is -0.336 e. The van der Waals surface area contributed by atoms with Crippen LogP contribution in [0.4, 0.5) is 19.3 Å². The Morgan fingerprint density at radius 2 is 1.46 bits per heavy atom. The van der Waals surface area contributed by atoms with Crippen LogP contribution in [0.15, 0.2) is 114 Å². The van der Waals surface area contributed by atoms with Crippen LogP contribution in [-0.2, 0) is 19.6 Å². The van der Waals surface area contributed by atoms with E-state index in [0.717, 1.165) is 16.0 Å². The van der Waals surface area contributed by atoms with Crippen molar-refractivity contribution in [1.82, 2.24) is 14.8 Å². The SMILES string of the molecule is CC(C)NC(=O)Nc1ccc(-c2sc3c(c2CN(C)Cc2ccccc2)c(=O)c(C(=O)c2ccccc2)cn3Cc2c(F)cccc2F)cc1. The zero-order valence-electron chi connectivity index (χ0n) is 27.9. The third-order valence-electron chi connectivity index (χ3n) is 8.22. The van der Waals surface area contributed by atoms with Crippen molar-refractivity contribution in [3.8, 4) is 10.4 Å². The van der Waals surface area contributed by atoms with E-state index in [2.05, 4.69) is 15.5 Å². The van der Waals surface area contributed by atoms with Crippen molar-refractivity contribution in [3.63, 3.8) is 0 Å². The predicted molar refractivity (Wildman–Crippen MR) is 196 cm³/mol. The van der Waals surface area contributed by atoms with E-state index in [9.17, 15) is 14.4 Å². The number of hydrogen-bond donors (Lipinski definition) is 2. The molecule has 0 spiro atoms. The number of thiophene rings is 1. The van der Waals surface area contributed by atoms with Crippen LogP contribution in [0.25, 0.3) is 20.7 Å². The molecule has 0 saturated heterocycles. The number of urea groups is 1. The molecule has 2 N–H and O–H groups in total. The van der Waals surface area contributed by atoms with Crippen LogP contribution in [0.5, 0.6) is 0 Å². The zero-order chi connectivity index (χ0) is 35.4. The average Bonchev–Trinajstić information content (AvgIpc) is 3.47. The Morgan fingerprint density at radius 1 is 0.820 bits per heavy atom. The molecule has 6 aromatic rings. The summed E-state index contributed by atoms with van der Waals surface area (Å²) in [5.74, 6) is -1.93. The summed E-state index contributed by atoms with van der Waals surface area (Å²) in [6, 6.07) is 29.0. The third kappa shape index (κ3) is 7.56. The number of hydrogen-bond acceptors (Lipinski definition) is 5. The van der Waals surface area contributed by atoms with Crippen LogP contribution in [0, 0.1) is 11.6 Å². The lowest BCUT2D eigenvalue weighted by molar-refractivity contribution is 0.103. The van der Waals surface area contributed by atoms with Crippen LogP contribution < -0.4 is 16.1 Å². The summed E-state index contributed by atoms with van der Waals surface area (Å²) in [5.41, 5.74) is 2.75. The number of halogens is 2. The van der Waals surface area contributed by atoms with E-state index >= 15 is 8.78 Å². The fraction of sp³-hybridized carbons (Fsp3) is 0.175. The van der Waals surface area contributed by atoms with Gasteiger partial charge in [0.2, 0.25) is 5.43 Å². The molecule has 7 nitrogen and oxygen atoms in total. The number of pyridine rings is 1. The molecule has 6 rings (SSSR count). The lowest BCUT2D eigenvalue weighted by Crippen LogP contribution is -2.34. The van der Waals surface area contributed by atoms with E-state index < -0.39 is 22.8 Å². The first-order valence-corrected chi connectivity index (χ1v) is 17.0. The van der Waals surface area contributed by atoms with Crippen molar-refractivity contribution in [2.75, 3.05) is 12.4 Å². The highest BCUT2D eigenvalue weighted by molar-refractivity contribution is 7.22. The zero-order valence-corrected chi connectivity index (χ0v) is 28.7. The van der Waals surface area contributed by atoms with Crippen molar-refractivity contribution in [1.29, 1.82) is 0 Å². The fourth-order valence-corrected chi connectivity index (χ4v) is 7.20. The number of ketones is 1. The highest BCUT2D eigenvalue weighted by Crippen LogP contribution is 2.39. The van der Waals surface area contributed by atoms with Gasteiger partial charge in [-0.05, 0) is 61.9 Å². The normalized spacial score (nSPS) is 11.3. The topological polar surface area (TPSA) is 83.4 Å². The second-order valence-corrected chi connectivity index (χ2v) is 13.5. The van der Waals surface area contributed by atoms with Crippen molar-refractivity contribution >= 4 is 39.1 Å². The molecule has 0 aliphatic heterocycles. The molecule has 254 valence electrons. The van der Waals surface area contributed by atoms with Gasteiger partial charge in [0, 0.05) is 47.0 Å². The largest absolute Gasteiger partial charge is 0.336 e. The molecule has 0 unspecified atom stereocenters. The van der Waals surface area contributed by atoms with Gasteiger partial charge in [0.05, 0.1) is 17.5 Å². The molecule has 0 saturated carbocycles. The number of nitrogens with one attached hydrogen (secondary N) is 2. The van der Waals surface area contributed by atoms with Crippen LogP contribution in [0.2, 0.25) is 0 Å². The molecule has 0 atom stereocenters. The summed E-state index contributed by atoms with van der Waals surface area (Å²) in [6.07, 6.45) is 1.42. The summed E-state index contributed by atoms with van der Waals surface area (Å²) in [4.78, 5) is 44.1. The number of carbonyl (C=O) groups is 2. The van der Waals surface area contributed by atoms with Gasteiger partial charge in [0.25, 0.3) is 0 Å². The monoisotopic (exact) mass is 690 g/mol. The number of fused-ring (bicyclic) bond motifs is 1. The minimum atomic E-state index is -0.725. The summed E-state index contributed by atoms with van der Waals surface area (Å²) in [6.45, 7) is 4.43. The Morgan fingerprint density at radius 3 is 2.10 bits per heavy atom. The quantitative estimate of drug-likeness (QED) is 0.134. The molecule has 50 heavy (non-hydrogen) atoms. The standard InChI is InChI=1S/C40H36F2N4O3S/c1-25(2)43-40(49)44-29-19-17-28(18-20-29)38-31(22-45(3)21-26-11-6-4-7-12-26)35-37(48)32(36(47)27-13-8-5-9-14-27)24-46(39(35)50-38)23-30-33(41)15-10-16-34(30)42/h4-20,24-25H,21-23H2,1-3H3,(H2,43,44,49). The molecule has 0 bridgehead atoms. The first-order chi connectivity index (χ1) is 24.1. The maximum atomic E-state index is 15.0. The van der Waals surface area contributed by atoms with Gasteiger partial charge in [-0.2, -0.15) is 0 Å². The van der Waals surface area contributed by atoms with E-state index in [0.29, 0.717) is 40.1 Å². The molecule has 2 heterocycles. The van der Waals surface area contributed by atoms with Crippen molar-refractivity contribution in [3.05, 3.63) is 159 Å². The summed E-state index contributed by atoms with van der Waals surface area (Å²) in [7, 11) is 1.95. The second-order valence-electron chi connectivity index (χ2n) is 12.5. The van der Waals surface area contributed by atoms with Gasteiger partial charge in [-0.15, -0.1) is 11.3 Å². The van der Waals surface area contributed by atoms with Crippen LogP contribution in [0.3, 0.4) is 0 Å². The van der Waals surface area contributed by atoms with E-state index in [1.807, 2.05) is 63.4 Å². The molecule has 0 fully saturated rings. The first-order valence-electron chi connectivity index (χ1n) is 16.2. The molecule has 4 aromatic carbocycles. The van der Waals surface area contributed by atoms with Gasteiger partial charge in [0.15, 0.2) is 5.78 Å². The Bertz CT molecular complexity index is 2200. The number of amides is 2. The molecular formula is C40H36F2N4O3S. The second kappa shape index (κ2) is 15.0. The van der Waals surface area contributed by atoms with Gasteiger partial charge < -0.3 is 15.2 Å². The highest BCUT2D eigenvalue weighted by atomic mass is 32.1. The van der Waals surface area contributed by atoms with Crippen LogP contribution in [0.1, 0.15) is 46.5 Å². The lowest BCUT2D eigenvalue weighted by Gasteiger charge is -2.18. The molecule has 0 aliphatic rings. The molecular weight excluding hydrogens is 655 g/mol. The third-order valence-corrected chi connectivity index (χ3v) is 9.54. The molecule has 2 amide bonds. The number of rotatable bonds is 11. The maximum Gasteiger partial charge on any atom is 0.319 e. The van der Waals surface area contributed by atoms with E-state index in [-0.39, 0.29) is 29.7 Å². The molecule has 0 radical (unpaired) electrons. The highest BCUT2D eigenvalue weighted by Gasteiger charge is 2.25. The first kappa shape index (κ1) is 34.4. The van der Waals surface area contributed by atoms with Gasteiger partial charge >= 0.3 is 6.03 Å². The van der Waals surface area contributed by atoms with Gasteiger partial charge in [-0.1, -0.05) is 78.9 Å². The summed E-state index contributed by atoms with van der Waals surface area (Å²) in [5, 5.41) is 5.95. The average molecular weight is 691 g/mol. The number of anilines is 1. The van der Waals surface area contributed by atoms with Crippen molar-refractivity contribution in [2.45, 2.75) is 39.5 Å². The smallest absolute Gasteiger partial charge is 0.319 e. The van der Waals surface area contributed by atoms with Gasteiger partial charge in [-0.3, -0.25) is 14.5 Å². The van der Waals surface area contributed by atoms with Crippen LogP contribution in [-0.4, -0.2) is 34.4 Å². The Balaban J connectivity index is 1.54. The summed E-state index contributed by atoms with van der Waals surface area (Å²) < 4.78 is 31.7. The van der Waals surface area contributed by atoms with Crippen molar-refractivity contribution < 1.29 is 18.4 Å². The number of benzene rings is 4. The molecule has 0 aliphatic carbocycles. The molecule has 2 aromatic heterocycles. The Labute approximate surface area is 292 Å². The lowest BCUT2D eigenvalue weighted by atomic mass is 10.00. The Kier molecular flexibility index (Phi) is 10.3. The van der Waals surface area contributed by atoms with Gasteiger partial charge in [-0.25, -0.2) is 13.6 Å². The Hall–Kier alpha value is -5.45.